The molecule has 252 valence electrons. The molecule has 4 nitrogen and oxygen atoms in total. The van der Waals surface area contributed by atoms with E-state index in [1.807, 2.05) is 48.5 Å². The highest BCUT2D eigenvalue weighted by Crippen LogP contribution is 2.45. The summed E-state index contributed by atoms with van der Waals surface area (Å²) in [7, 11) is 0. The average molecular weight is 691 g/mol. The van der Waals surface area contributed by atoms with E-state index in [1.165, 1.54) is 0 Å². The van der Waals surface area contributed by atoms with Gasteiger partial charge in [-0.25, -0.2) is 9.97 Å². The van der Waals surface area contributed by atoms with E-state index in [0.717, 1.165) is 105 Å². The molecule has 3 heterocycles. The number of aromatic nitrogens is 2. The molecule has 0 spiro atoms. The van der Waals surface area contributed by atoms with E-state index in [1.54, 1.807) is 0 Å². The fourth-order valence-corrected chi connectivity index (χ4v) is 7.96. The second-order valence-corrected chi connectivity index (χ2v) is 13.7. The lowest BCUT2D eigenvalue weighted by Crippen LogP contribution is -1.95. The lowest BCUT2D eigenvalue weighted by molar-refractivity contribution is 0.670. The van der Waals surface area contributed by atoms with Gasteiger partial charge in [0.1, 0.15) is 22.3 Å². The maximum absolute atomic E-state index is 6.72. The summed E-state index contributed by atoms with van der Waals surface area (Å²) in [6.45, 7) is 0. The van der Waals surface area contributed by atoms with E-state index in [-0.39, 0.29) is 0 Å². The molecule has 0 aliphatic carbocycles. The Morgan fingerprint density at radius 1 is 0.315 bits per heavy atom. The molecule has 0 saturated heterocycles. The molecule has 0 radical (unpaired) electrons. The first-order valence-corrected chi connectivity index (χ1v) is 18.2. The van der Waals surface area contributed by atoms with Crippen molar-refractivity contribution >= 4 is 54.6 Å². The van der Waals surface area contributed by atoms with Crippen LogP contribution in [0.4, 0.5) is 0 Å². The topological polar surface area (TPSA) is 52.1 Å². The van der Waals surface area contributed by atoms with Crippen molar-refractivity contribution in [2.75, 3.05) is 0 Å². The second-order valence-electron chi connectivity index (χ2n) is 13.7. The third-order valence-corrected chi connectivity index (χ3v) is 10.5. The van der Waals surface area contributed by atoms with Crippen molar-refractivity contribution in [1.82, 2.24) is 9.97 Å². The Kier molecular flexibility index (Phi) is 6.82. The van der Waals surface area contributed by atoms with Crippen LogP contribution in [0.25, 0.3) is 111 Å². The van der Waals surface area contributed by atoms with Crippen LogP contribution in [0.5, 0.6) is 0 Å². The molecule has 0 atom stereocenters. The van der Waals surface area contributed by atoms with Gasteiger partial charge in [-0.15, -0.1) is 0 Å². The van der Waals surface area contributed by atoms with Crippen LogP contribution in [0.2, 0.25) is 0 Å². The van der Waals surface area contributed by atoms with Gasteiger partial charge in [0.05, 0.1) is 11.4 Å². The molecule has 4 heteroatoms. The van der Waals surface area contributed by atoms with Crippen molar-refractivity contribution in [2.45, 2.75) is 0 Å². The van der Waals surface area contributed by atoms with Gasteiger partial charge in [0.25, 0.3) is 0 Å². The minimum atomic E-state index is 0.702. The van der Waals surface area contributed by atoms with E-state index in [2.05, 4.69) is 133 Å². The van der Waals surface area contributed by atoms with Crippen molar-refractivity contribution in [3.05, 3.63) is 182 Å². The standard InChI is InChI=1S/C50H30N2O2/c1-3-13-32(14-4-1)43-30-44(52-50(51-43)34-15-5-2-6-16-34)33-27-25-31(26-28-33)41-29-42-47-37(20-12-24-46(47)54-49(42)38-19-8-7-17-35(38)41)40-22-11-21-39-36-18-9-10-23-45(36)53-48(39)40/h1-30H. The number of hydrogen-bond donors (Lipinski definition) is 0. The largest absolute Gasteiger partial charge is 0.455 e. The highest BCUT2D eigenvalue weighted by Gasteiger charge is 2.20. The first-order valence-electron chi connectivity index (χ1n) is 18.2. The molecule has 3 aromatic heterocycles. The zero-order valence-corrected chi connectivity index (χ0v) is 29.0. The van der Waals surface area contributed by atoms with Crippen LogP contribution < -0.4 is 0 Å². The molecule has 0 aliphatic heterocycles. The fourth-order valence-electron chi connectivity index (χ4n) is 7.96. The minimum absolute atomic E-state index is 0.702. The molecule has 0 N–H and O–H groups in total. The van der Waals surface area contributed by atoms with Crippen molar-refractivity contribution in [3.8, 4) is 56.2 Å². The second kappa shape index (κ2) is 12.1. The van der Waals surface area contributed by atoms with Crippen molar-refractivity contribution < 1.29 is 8.83 Å². The van der Waals surface area contributed by atoms with Crippen LogP contribution in [0.1, 0.15) is 0 Å². The molecule has 8 aromatic carbocycles. The molecule has 11 aromatic rings. The highest BCUT2D eigenvalue weighted by atomic mass is 16.3. The highest BCUT2D eigenvalue weighted by molar-refractivity contribution is 6.23. The zero-order chi connectivity index (χ0) is 35.6. The molecule has 0 fully saturated rings. The quantitative estimate of drug-likeness (QED) is 0.180. The summed E-state index contributed by atoms with van der Waals surface area (Å²) in [5.74, 6) is 0.702. The number of fused-ring (bicyclic) bond motifs is 8. The van der Waals surface area contributed by atoms with E-state index in [9.17, 15) is 0 Å². The SMILES string of the molecule is c1ccc(-c2cc(-c3ccc(-c4cc5c(oc6cccc(-c7cccc8c7oc7ccccc78)c65)c5ccccc45)cc3)nc(-c3ccccc3)n2)cc1. The summed E-state index contributed by atoms with van der Waals surface area (Å²) >= 11 is 0. The van der Waals surface area contributed by atoms with E-state index in [4.69, 9.17) is 18.8 Å². The Hall–Kier alpha value is -7.30. The zero-order valence-electron chi connectivity index (χ0n) is 29.0. The van der Waals surface area contributed by atoms with Gasteiger partial charge in [-0.2, -0.15) is 0 Å². The van der Waals surface area contributed by atoms with Crippen LogP contribution in [0.15, 0.2) is 191 Å². The van der Waals surface area contributed by atoms with Crippen molar-refractivity contribution in [3.63, 3.8) is 0 Å². The average Bonchev–Trinajstić information content (AvgIpc) is 3.83. The van der Waals surface area contributed by atoms with Crippen molar-refractivity contribution in [2.24, 2.45) is 0 Å². The predicted molar refractivity (Wildman–Crippen MR) is 221 cm³/mol. The van der Waals surface area contributed by atoms with Gasteiger partial charge in [0.15, 0.2) is 5.82 Å². The molecule has 0 aliphatic rings. The molecule has 54 heavy (non-hydrogen) atoms. The molecule has 0 saturated carbocycles. The fraction of sp³-hybridized carbons (Fsp3) is 0. The first-order chi connectivity index (χ1) is 26.8. The summed E-state index contributed by atoms with van der Waals surface area (Å²) in [4.78, 5) is 10.0. The van der Waals surface area contributed by atoms with Gasteiger partial charge in [-0.05, 0) is 46.3 Å². The van der Waals surface area contributed by atoms with Gasteiger partial charge in [-0.1, -0.05) is 158 Å². The van der Waals surface area contributed by atoms with E-state index >= 15 is 0 Å². The van der Waals surface area contributed by atoms with Crippen LogP contribution in [-0.4, -0.2) is 9.97 Å². The molecule has 0 bridgehead atoms. The third-order valence-electron chi connectivity index (χ3n) is 10.5. The monoisotopic (exact) mass is 690 g/mol. The Bertz CT molecular complexity index is 3140. The number of furan rings is 2. The Morgan fingerprint density at radius 2 is 0.852 bits per heavy atom. The molecule has 11 rings (SSSR count). The Labute approximate surface area is 310 Å². The summed E-state index contributed by atoms with van der Waals surface area (Å²) in [5.41, 5.74) is 12.7. The number of nitrogens with zero attached hydrogens (tertiary/aromatic N) is 2. The normalized spacial score (nSPS) is 11.7. The van der Waals surface area contributed by atoms with Gasteiger partial charge in [0.2, 0.25) is 0 Å². The van der Waals surface area contributed by atoms with E-state index < -0.39 is 0 Å². The summed E-state index contributed by atoms with van der Waals surface area (Å²) in [5, 5.41) is 6.58. The van der Waals surface area contributed by atoms with Crippen LogP contribution in [-0.2, 0) is 0 Å². The third kappa shape index (κ3) is 4.85. The lowest BCUT2D eigenvalue weighted by atomic mass is 9.92. The van der Waals surface area contributed by atoms with Gasteiger partial charge >= 0.3 is 0 Å². The van der Waals surface area contributed by atoms with Crippen molar-refractivity contribution in [1.29, 1.82) is 0 Å². The maximum Gasteiger partial charge on any atom is 0.160 e. The molecule has 0 unspecified atom stereocenters. The minimum Gasteiger partial charge on any atom is -0.455 e. The number of para-hydroxylation sites is 2. The van der Waals surface area contributed by atoms with Crippen LogP contribution in [0, 0.1) is 0 Å². The first kappa shape index (κ1) is 30.3. The van der Waals surface area contributed by atoms with Gasteiger partial charge in [0, 0.05) is 49.2 Å². The summed E-state index contributed by atoms with van der Waals surface area (Å²) in [6.07, 6.45) is 0. The molecular formula is C50H30N2O2. The Balaban J connectivity index is 1.08. The van der Waals surface area contributed by atoms with Gasteiger partial charge < -0.3 is 8.83 Å². The van der Waals surface area contributed by atoms with E-state index in [0.29, 0.717) is 5.82 Å². The van der Waals surface area contributed by atoms with Gasteiger partial charge in [-0.3, -0.25) is 0 Å². The number of hydrogen-bond acceptors (Lipinski definition) is 4. The predicted octanol–water partition coefficient (Wildman–Crippen LogP) is 13.8. The Morgan fingerprint density at radius 3 is 1.63 bits per heavy atom. The smallest absolute Gasteiger partial charge is 0.160 e. The maximum atomic E-state index is 6.72. The molecule has 0 amide bonds. The van der Waals surface area contributed by atoms with Crippen LogP contribution >= 0.6 is 0 Å². The summed E-state index contributed by atoms with van der Waals surface area (Å²) < 4.78 is 13.2. The molecular weight excluding hydrogens is 661 g/mol. The van der Waals surface area contributed by atoms with Crippen LogP contribution in [0.3, 0.4) is 0 Å². The number of rotatable bonds is 5. The lowest BCUT2D eigenvalue weighted by Gasteiger charge is -2.11. The summed E-state index contributed by atoms with van der Waals surface area (Å²) in [6, 6.07) is 63.1. The number of benzene rings is 8.